The summed E-state index contributed by atoms with van der Waals surface area (Å²) in [7, 11) is 0. The highest BCUT2D eigenvalue weighted by atomic mass is 16.3. The molecule has 1 saturated carbocycles. The molecule has 3 aromatic rings. The second-order valence-electron chi connectivity index (χ2n) is 8.01. The van der Waals surface area contributed by atoms with Crippen LogP contribution in [0.3, 0.4) is 0 Å². The number of aromatic nitrogens is 2. The molecule has 5 heteroatoms. The Morgan fingerprint density at radius 3 is 2.68 bits per heavy atom. The molecule has 1 aromatic carbocycles. The van der Waals surface area contributed by atoms with Crippen molar-refractivity contribution in [3.8, 4) is 5.69 Å². The van der Waals surface area contributed by atoms with E-state index in [2.05, 4.69) is 31.2 Å². The second kappa shape index (κ2) is 6.66. The average molecular weight is 375 g/mol. The molecule has 144 valence electrons. The Morgan fingerprint density at radius 1 is 1.21 bits per heavy atom. The molecule has 28 heavy (non-hydrogen) atoms. The summed E-state index contributed by atoms with van der Waals surface area (Å²) < 4.78 is 7.58. The Hall–Kier alpha value is -2.82. The van der Waals surface area contributed by atoms with Crippen LogP contribution < -0.4 is 0 Å². The van der Waals surface area contributed by atoms with E-state index in [-0.39, 0.29) is 18.0 Å². The maximum atomic E-state index is 13.6. The van der Waals surface area contributed by atoms with E-state index in [1.807, 2.05) is 28.6 Å². The number of amides is 1. The van der Waals surface area contributed by atoms with Gasteiger partial charge in [0.2, 0.25) is 0 Å². The highest BCUT2D eigenvalue weighted by Crippen LogP contribution is 2.37. The van der Waals surface area contributed by atoms with Gasteiger partial charge >= 0.3 is 0 Å². The van der Waals surface area contributed by atoms with Gasteiger partial charge in [-0.1, -0.05) is 17.7 Å². The first-order chi connectivity index (χ1) is 13.6. The lowest BCUT2D eigenvalue weighted by atomic mass is 10.1. The summed E-state index contributed by atoms with van der Waals surface area (Å²) in [4.78, 5) is 15.6. The normalized spacial score (nSPS) is 16.8. The maximum absolute atomic E-state index is 13.6. The van der Waals surface area contributed by atoms with Gasteiger partial charge in [0.05, 0.1) is 18.0 Å². The monoisotopic (exact) mass is 375 g/mol. The first kappa shape index (κ1) is 17.3. The van der Waals surface area contributed by atoms with E-state index in [1.165, 1.54) is 11.3 Å². The van der Waals surface area contributed by atoms with E-state index in [4.69, 9.17) is 9.52 Å². The number of hydrogen-bond acceptors (Lipinski definition) is 3. The van der Waals surface area contributed by atoms with Crippen molar-refractivity contribution in [3.63, 3.8) is 0 Å². The van der Waals surface area contributed by atoms with Crippen LogP contribution >= 0.6 is 0 Å². The lowest BCUT2D eigenvalue weighted by Crippen LogP contribution is -2.36. The maximum Gasteiger partial charge on any atom is 0.275 e. The highest BCUT2D eigenvalue weighted by Gasteiger charge is 2.40. The summed E-state index contributed by atoms with van der Waals surface area (Å²) in [6.45, 7) is 4.13. The van der Waals surface area contributed by atoms with Gasteiger partial charge in [-0.2, -0.15) is 5.10 Å². The fraction of sp³-hybridized carbons (Fsp3) is 0.391. The largest absolute Gasteiger partial charge is 0.467 e. The lowest BCUT2D eigenvalue weighted by Gasteiger charge is -2.27. The molecule has 2 aliphatic carbocycles. The van der Waals surface area contributed by atoms with Gasteiger partial charge in [0.15, 0.2) is 5.69 Å². The number of furan rings is 1. The van der Waals surface area contributed by atoms with Crippen LogP contribution in [0, 0.1) is 6.92 Å². The van der Waals surface area contributed by atoms with E-state index < -0.39 is 0 Å². The van der Waals surface area contributed by atoms with Crippen molar-refractivity contribution in [2.45, 2.75) is 58.0 Å². The molecule has 0 aliphatic heterocycles. The van der Waals surface area contributed by atoms with Crippen LogP contribution in [0.2, 0.25) is 0 Å². The Labute approximate surface area is 165 Å². The lowest BCUT2D eigenvalue weighted by molar-refractivity contribution is 0.0645. The fourth-order valence-electron chi connectivity index (χ4n) is 4.31. The number of aryl methyl sites for hydroxylation is 1. The number of rotatable bonds is 5. The minimum Gasteiger partial charge on any atom is -0.467 e. The predicted molar refractivity (Wildman–Crippen MR) is 107 cm³/mol. The van der Waals surface area contributed by atoms with Crippen LogP contribution in [0.25, 0.3) is 5.69 Å². The summed E-state index contributed by atoms with van der Waals surface area (Å²) in [6.07, 6.45) is 6.76. The van der Waals surface area contributed by atoms with Gasteiger partial charge in [-0.25, -0.2) is 4.68 Å². The standard InChI is InChI=1S/C23H25N3O2/c1-15-8-10-18(11-9-15)26-20-6-3-5-19(20)22(24-26)23(27)25(17-12-13-17)16(2)21-7-4-14-28-21/h4,7-11,14,16-17H,3,5-6,12-13H2,1-2H3. The quantitative estimate of drug-likeness (QED) is 0.653. The molecule has 5 nitrogen and oxygen atoms in total. The summed E-state index contributed by atoms with van der Waals surface area (Å²) in [6, 6.07) is 12.4. The van der Waals surface area contributed by atoms with Gasteiger partial charge in [0.25, 0.3) is 5.91 Å². The molecular formula is C23H25N3O2. The van der Waals surface area contributed by atoms with Crippen LogP contribution in [0.4, 0.5) is 0 Å². The zero-order valence-corrected chi connectivity index (χ0v) is 16.4. The third-order valence-corrected chi connectivity index (χ3v) is 5.96. The van der Waals surface area contributed by atoms with Crippen LogP contribution in [0.15, 0.2) is 47.1 Å². The van der Waals surface area contributed by atoms with Crippen molar-refractivity contribution >= 4 is 5.91 Å². The summed E-state index contributed by atoms with van der Waals surface area (Å²) in [5.74, 6) is 0.866. The van der Waals surface area contributed by atoms with Gasteiger partial charge < -0.3 is 9.32 Å². The first-order valence-corrected chi connectivity index (χ1v) is 10.2. The van der Waals surface area contributed by atoms with Crippen molar-refractivity contribution in [1.29, 1.82) is 0 Å². The molecule has 0 spiro atoms. The van der Waals surface area contributed by atoms with Gasteiger partial charge in [0.1, 0.15) is 5.76 Å². The number of hydrogen-bond donors (Lipinski definition) is 0. The zero-order chi connectivity index (χ0) is 19.3. The molecule has 1 fully saturated rings. The number of carbonyl (C=O) groups is 1. The molecule has 1 unspecified atom stereocenters. The molecule has 0 saturated heterocycles. The van der Waals surface area contributed by atoms with Crippen molar-refractivity contribution in [3.05, 3.63) is 70.9 Å². The smallest absolute Gasteiger partial charge is 0.275 e. The third kappa shape index (κ3) is 2.86. The Kier molecular flexibility index (Phi) is 4.11. The Balaban J connectivity index is 1.54. The minimum absolute atomic E-state index is 0.0374. The van der Waals surface area contributed by atoms with Crippen molar-refractivity contribution in [2.75, 3.05) is 0 Å². The SMILES string of the molecule is Cc1ccc(-n2nc(C(=O)N(C3CC3)C(C)c3ccco3)c3c2CCC3)cc1. The van der Waals surface area contributed by atoms with Gasteiger partial charge in [0, 0.05) is 17.3 Å². The van der Waals surface area contributed by atoms with E-state index >= 15 is 0 Å². The molecule has 0 radical (unpaired) electrons. The molecule has 0 N–H and O–H groups in total. The summed E-state index contributed by atoms with van der Waals surface area (Å²) >= 11 is 0. The average Bonchev–Trinajstić information content (AvgIpc) is 3.12. The van der Waals surface area contributed by atoms with E-state index in [0.717, 1.165) is 49.1 Å². The molecule has 0 bridgehead atoms. The topological polar surface area (TPSA) is 51.3 Å². The van der Waals surface area contributed by atoms with Gasteiger partial charge in [-0.3, -0.25) is 4.79 Å². The highest BCUT2D eigenvalue weighted by molar-refractivity contribution is 5.95. The van der Waals surface area contributed by atoms with Crippen LogP contribution in [0.5, 0.6) is 0 Å². The van der Waals surface area contributed by atoms with Crippen LogP contribution in [0.1, 0.15) is 65.3 Å². The van der Waals surface area contributed by atoms with Crippen LogP contribution in [-0.4, -0.2) is 26.6 Å². The van der Waals surface area contributed by atoms with E-state index in [9.17, 15) is 4.79 Å². The molecule has 2 aromatic heterocycles. The Morgan fingerprint density at radius 2 is 2.00 bits per heavy atom. The number of carbonyl (C=O) groups excluding carboxylic acids is 1. The van der Waals surface area contributed by atoms with Crippen LogP contribution in [-0.2, 0) is 12.8 Å². The second-order valence-corrected chi connectivity index (χ2v) is 8.01. The first-order valence-electron chi connectivity index (χ1n) is 10.2. The van der Waals surface area contributed by atoms with Crippen molar-refractivity contribution in [1.82, 2.24) is 14.7 Å². The number of benzene rings is 1. The van der Waals surface area contributed by atoms with Gasteiger partial charge in [-0.05, 0) is 70.2 Å². The van der Waals surface area contributed by atoms with E-state index in [0.29, 0.717) is 5.69 Å². The molecular weight excluding hydrogens is 350 g/mol. The molecule has 5 rings (SSSR count). The van der Waals surface area contributed by atoms with E-state index in [1.54, 1.807) is 6.26 Å². The van der Waals surface area contributed by atoms with Crippen molar-refractivity contribution in [2.24, 2.45) is 0 Å². The molecule has 2 heterocycles. The zero-order valence-electron chi connectivity index (χ0n) is 16.4. The molecule has 1 atom stereocenters. The molecule has 2 aliphatic rings. The van der Waals surface area contributed by atoms with Crippen molar-refractivity contribution < 1.29 is 9.21 Å². The number of fused-ring (bicyclic) bond motifs is 1. The third-order valence-electron chi connectivity index (χ3n) is 5.96. The Bertz CT molecular complexity index is 997. The summed E-state index contributed by atoms with van der Waals surface area (Å²) in [5.41, 5.74) is 5.19. The van der Waals surface area contributed by atoms with Gasteiger partial charge in [-0.15, -0.1) is 0 Å². The predicted octanol–water partition coefficient (Wildman–Crippen LogP) is 4.63. The fourth-order valence-corrected chi connectivity index (χ4v) is 4.31. The minimum atomic E-state index is -0.0865. The number of nitrogens with zero attached hydrogens (tertiary/aromatic N) is 3. The molecule has 1 amide bonds. The summed E-state index contributed by atoms with van der Waals surface area (Å²) in [5, 5.41) is 4.82.